The predicted octanol–water partition coefficient (Wildman–Crippen LogP) is 24.3. The standard InChI is InChI=1S/C90H106O4/c1-7-11-15-17-19-21-23-25-27-29-31-41-55-91-77-58-63(78(57-61(77)5)92-56-42-32-30-28-26-24-22-20-18-16-12-8-2)51-52-66-65-44-34-33-43-64(65)62(6)70-59-72-76(60-71(66)70)90-75-50-40-37-47-69(75)85(90)81-82(86(72)90)88(94-54-14-10-4)80-79(87(81)93-53-13-9-3)83-67-45-35-38-48-73(67)89(83)74-49-39-36-46-68(74)84(80)89/h33-40,43-50,57-60,83-86H,7-32,41-42,53-56H2,1-6H3. The minimum absolute atomic E-state index is 0.107. The molecule has 6 aliphatic carbocycles. The second-order valence-corrected chi connectivity index (χ2v) is 29.3. The Morgan fingerprint density at radius 2 is 0.702 bits per heavy atom. The second kappa shape index (κ2) is 28.8. The van der Waals surface area contributed by atoms with Gasteiger partial charge in [-0.15, -0.1) is 0 Å². The van der Waals surface area contributed by atoms with Crippen molar-refractivity contribution in [1.29, 1.82) is 0 Å². The third-order valence-corrected chi connectivity index (χ3v) is 23.5. The lowest BCUT2D eigenvalue weighted by Gasteiger charge is -2.59. The number of aryl methyl sites for hydroxylation is 2. The van der Waals surface area contributed by atoms with E-state index < -0.39 is 0 Å². The average molecular weight is 1250 g/mol. The molecule has 6 unspecified atom stereocenters. The number of rotatable bonds is 36. The normalized spacial score (nSPS) is 19.7. The first-order chi connectivity index (χ1) is 46.4. The molecule has 4 heteroatoms. The van der Waals surface area contributed by atoms with Crippen molar-refractivity contribution in [3.63, 3.8) is 0 Å². The van der Waals surface area contributed by atoms with E-state index >= 15 is 0 Å². The predicted molar refractivity (Wildman–Crippen MR) is 392 cm³/mol. The highest BCUT2D eigenvalue weighted by atomic mass is 16.5. The molecule has 0 saturated heterocycles. The van der Waals surface area contributed by atoms with Gasteiger partial charge in [0.05, 0.1) is 32.0 Å². The molecule has 6 aliphatic rings. The summed E-state index contributed by atoms with van der Waals surface area (Å²) < 4.78 is 28.8. The van der Waals surface area contributed by atoms with Crippen LogP contribution in [0.1, 0.15) is 320 Å². The van der Waals surface area contributed by atoms with Crippen LogP contribution in [-0.4, -0.2) is 26.4 Å². The first kappa shape index (κ1) is 64.4. The van der Waals surface area contributed by atoms with Crippen molar-refractivity contribution >= 4 is 21.5 Å². The van der Waals surface area contributed by atoms with Gasteiger partial charge in [-0.1, -0.05) is 291 Å². The number of unbranched alkanes of at least 4 members (excludes halogenated alkanes) is 24. The van der Waals surface area contributed by atoms with E-state index in [1.807, 2.05) is 0 Å². The maximum Gasteiger partial charge on any atom is 0.135 e. The summed E-state index contributed by atoms with van der Waals surface area (Å²) in [5, 5.41) is 4.96. The van der Waals surface area contributed by atoms with Crippen molar-refractivity contribution in [2.75, 3.05) is 26.4 Å². The van der Waals surface area contributed by atoms with Crippen molar-refractivity contribution < 1.29 is 18.9 Å². The molecule has 0 heterocycles. The van der Waals surface area contributed by atoms with Crippen LogP contribution in [-0.2, 0) is 10.8 Å². The van der Waals surface area contributed by atoms with Crippen molar-refractivity contribution in [2.45, 2.75) is 256 Å². The summed E-state index contributed by atoms with van der Waals surface area (Å²) in [6, 6.07) is 46.9. The monoisotopic (exact) mass is 1250 g/mol. The quantitative estimate of drug-likeness (QED) is 0.0223. The Hall–Kier alpha value is -6.96. The lowest BCUT2D eigenvalue weighted by molar-refractivity contribution is 0.282. The van der Waals surface area contributed by atoms with Crippen LogP contribution in [0.15, 0.2) is 121 Å². The summed E-state index contributed by atoms with van der Waals surface area (Å²) in [6.45, 7) is 16.5. The second-order valence-electron chi connectivity index (χ2n) is 29.3. The molecule has 14 rings (SSSR count). The minimum Gasteiger partial charge on any atom is -0.493 e. The van der Waals surface area contributed by atoms with Crippen LogP contribution in [0.2, 0.25) is 0 Å². The summed E-state index contributed by atoms with van der Waals surface area (Å²) in [4.78, 5) is 0. The molecule has 2 spiro atoms. The zero-order valence-electron chi connectivity index (χ0n) is 58.1. The van der Waals surface area contributed by atoms with E-state index in [-0.39, 0.29) is 34.5 Å². The Kier molecular flexibility index (Phi) is 19.7. The molecule has 8 aromatic carbocycles. The van der Waals surface area contributed by atoms with Crippen LogP contribution in [0.4, 0.5) is 0 Å². The van der Waals surface area contributed by atoms with Crippen molar-refractivity contribution in [2.24, 2.45) is 0 Å². The molecule has 0 radical (unpaired) electrons. The molecule has 0 N–H and O–H groups in total. The maximum atomic E-state index is 7.61. The van der Waals surface area contributed by atoms with Crippen LogP contribution in [0.25, 0.3) is 21.5 Å². The Morgan fingerprint density at radius 3 is 1.17 bits per heavy atom. The topological polar surface area (TPSA) is 36.9 Å². The molecular formula is C90H106O4. The van der Waals surface area contributed by atoms with E-state index in [4.69, 9.17) is 18.9 Å². The first-order valence-corrected chi connectivity index (χ1v) is 38.1. The van der Waals surface area contributed by atoms with Crippen LogP contribution in [0.5, 0.6) is 23.0 Å². The smallest absolute Gasteiger partial charge is 0.135 e. The van der Waals surface area contributed by atoms with Crippen LogP contribution in [0.3, 0.4) is 0 Å². The minimum atomic E-state index is -0.273. The highest BCUT2D eigenvalue weighted by molar-refractivity contribution is 6.09. The van der Waals surface area contributed by atoms with Gasteiger partial charge in [0.15, 0.2) is 0 Å². The molecule has 0 amide bonds. The lowest BCUT2D eigenvalue weighted by Crippen LogP contribution is -2.53. The molecule has 0 bridgehead atoms. The maximum absolute atomic E-state index is 7.61. The fraction of sp³-hybridized carbons (Fsp3) is 0.489. The number of benzene rings is 8. The Morgan fingerprint density at radius 1 is 0.319 bits per heavy atom. The van der Waals surface area contributed by atoms with Gasteiger partial charge in [-0.05, 0) is 141 Å². The zero-order valence-corrected chi connectivity index (χ0v) is 58.1. The summed E-state index contributed by atoms with van der Waals surface area (Å²) in [5.74, 6) is 12.5. The number of hydrogen-bond donors (Lipinski definition) is 0. The average Bonchev–Trinajstić information content (AvgIpc) is 1.42. The zero-order chi connectivity index (χ0) is 64.2. The lowest BCUT2D eigenvalue weighted by atomic mass is 9.42. The molecular weight excluding hydrogens is 1140 g/mol. The molecule has 4 nitrogen and oxygen atoms in total. The van der Waals surface area contributed by atoms with Crippen molar-refractivity contribution in [3.8, 4) is 34.8 Å². The molecule has 0 fully saturated rings. The molecule has 94 heavy (non-hydrogen) atoms. The summed E-state index contributed by atoms with van der Waals surface area (Å²) in [5.41, 5.74) is 21.3. The third kappa shape index (κ3) is 11.0. The molecule has 6 atom stereocenters. The van der Waals surface area contributed by atoms with Gasteiger partial charge in [0, 0.05) is 62.3 Å². The number of ether oxygens (including phenoxy) is 4. The summed E-state index contributed by atoms with van der Waals surface area (Å²) in [7, 11) is 0. The van der Waals surface area contributed by atoms with Crippen LogP contribution in [0, 0.1) is 25.7 Å². The third-order valence-electron chi connectivity index (χ3n) is 23.5. The van der Waals surface area contributed by atoms with E-state index in [2.05, 4.69) is 175 Å². The molecule has 0 aliphatic heterocycles. The fourth-order valence-electron chi connectivity index (χ4n) is 18.9. The van der Waals surface area contributed by atoms with Gasteiger partial charge in [0.25, 0.3) is 0 Å². The SMILES string of the molecule is CCCCCCCCCCCCCCOc1cc(C#Cc2c3ccccc3c(C)c3cc4c(cc23)C23c5ccccc5C2c2c(OCCCC)c5c(c(OCCCC)c2C43)C2c3ccccc3C23c2ccccc2C53)c(OCCCCCCCCCCCCCC)cc1C. The van der Waals surface area contributed by atoms with Crippen molar-refractivity contribution in [3.05, 3.63) is 210 Å². The van der Waals surface area contributed by atoms with Gasteiger partial charge in [0.2, 0.25) is 0 Å². The van der Waals surface area contributed by atoms with Crippen molar-refractivity contribution in [1.82, 2.24) is 0 Å². The number of hydrogen-bond acceptors (Lipinski definition) is 4. The fourth-order valence-corrected chi connectivity index (χ4v) is 18.9. The molecule has 0 saturated carbocycles. The van der Waals surface area contributed by atoms with E-state index in [0.29, 0.717) is 26.4 Å². The van der Waals surface area contributed by atoms with E-state index in [0.717, 1.165) is 78.2 Å². The van der Waals surface area contributed by atoms with Gasteiger partial charge in [-0.2, -0.15) is 0 Å². The van der Waals surface area contributed by atoms with E-state index in [1.54, 1.807) is 0 Å². The number of fused-ring (bicyclic) bond motifs is 16. The van der Waals surface area contributed by atoms with E-state index in [1.165, 1.54) is 235 Å². The molecule has 490 valence electrons. The first-order valence-electron chi connectivity index (χ1n) is 38.1. The van der Waals surface area contributed by atoms with E-state index in [9.17, 15) is 0 Å². The van der Waals surface area contributed by atoms with Gasteiger partial charge in [0.1, 0.15) is 23.0 Å². The Labute approximate surface area is 564 Å². The van der Waals surface area contributed by atoms with Gasteiger partial charge < -0.3 is 18.9 Å². The summed E-state index contributed by atoms with van der Waals surface area (Å²) in [6.07, 6.45) is 35.9. The Balaban J connectivity index is 0.827. The summed E-state index contributed by atoms with van der Waals surface area (Å²) >= 11 is 0. The largest absolute Gasteiger partial charge is 0.493 e. The Bertz CT molecular complexity index is 4100. The highest BCUT2D eigenvalue weighted by Gasteiger charge is 2.75. The van der Waals surface area contributed by atoms with Crippen LogP contribution >= 0.6 is 0 Å². The molecule has 0 aromatic heterocycles. The van der Waals surface area contributed by atoms with Gasteiger partial charge >= 0.3 is 0 Å². The van der Waals surface area contributed by atoms with Gasteiger partial charge in [-0.25, -0.2) is 0 Å². The van der Waals surface area contributed by atoms with Crippen LogP contribution < -0.4 is 18.9 Å². The molecule has 8 aromatic rings. The highest BCUT2D eigenvalue weighted by Crippen LogP contribution is 2.85. The van der Waals surface area contributed by atoms with Gasteiger partial charge in [-0.3, -0.25) is 0 Å².